The van der Waals surface area contributed by atoms with E-state index in [9.17, 15) is 9.18 Å². The summed E-state index contributed by atoms with van der Waals surface area (Å²) in [6, 6.07) is 4.09. The third-order valence-corrected chi connectivity index (χ3v) is 2.30. The maximum Gasteiger partial charge on any atom is 0.255 e. The van der Waals surface area contributed by atoms with Crippen molar-refractivity contribution >= 4 is 17.5 Å². The monoisotopic (exact) mass is 260 g/mol. The third-order valence-electron chi connectivity index (χ3n) is 1.98. The molecule has 0 aliphatic carbocycles. The highest BCUT2D eigenvalue weighted by atomic mass is 35.5. The highest BCUT2D eigenvalue weighted by Gasteiger charge is 2.14. The second kappa shape index (κ2) is 7.21. The van der Waals surface area contributed by atoms with Crippen LogP contribution in [0.25, 0.3) is 0 Å². The Hall–Kier alpha value is -1.17. The minimum atomic E-state index is -0.641. The molecule has 0 saturated heterocycles. The normalized spacial score (nSPS) is 10.3. The van der Waals surface area contributed by atoms with Crippen molar-refractivity contribution in [2.75, 3.05) is 26.3 Å². The molecule has 0 aliphatic heterocycles. The molecule has 0 aliphatic rings. The average Bonchev–Trinajstić information content (AvgIpc) is 2.28. The molecule has 0 heterocycles. The van der Waals surface area contributed by atoms with Gasteiger partial charge in [-0.05, 0) is 12.1 Å². The van der Waals surface area contributed by atoms with Crippen LogP contribution < -0.4 is 11.1 Å². The first-order chi connectivity index (χ1) is 8.16. The van der Waals surface area contributed by atoms with E-state index in [1.165, 1.54) is 18.2 Å². The van der Waals surface area contributed by atoms with Crippen LogP contribution >= 0.6 is 11.6 Å². The molecule has 94 valence electrons. The van der Waals surface area contributed by atoms with Gasteiger partial charge in [-0.1, -0.05) is 17.7 Å². The van der Waals surface area contributed by atoms with Gasteiger partial charge in [-0.2, -0.15) is 0 Å². The number of rotatable bonds is 6. The Kier molecular flexibility index (Phi) is 5.90. The molecule has 1 rings (SSSR count). The van der Waals surface area contributed by atoms with Crippen LogP contribution in [0, 0.1) is 5.82 Å². The van der Waals surface area contributed by atoms with Gasteiger partial charge in [-0.3, -0.25) is 4.79 Å². The van der Waals surface area contributed by atoms with Gasteiger partial charge in [0.25, 0.3) is 5.91 Å². The zero-order valence-electron chi connectivity index (χ0n) is 9.21. The third kappa shape index (κ3) is 4.30. The van der Waals surface area contributed by atoms with E-state index in [4.69, 9.17) is 22.1 Å². The van der Waals surface area contributed by atoms with Crippen LogP contribution in [0.1, 0.15) is 10.4 Å². The van der Waals surface area contributed by atoms with Gasteiger partial charge in [-0.25, -0.2) is 4.39 Å². The van der Waals surface area contributed by atoms with E-state index in [1.54, 1.807) is 0 Å². The van der Waals surface area contributed by atoms with Gasteiger partial charge in [0, 0.05) is 13.1 Å². The largest absolute Gasteiger partial charge is 0.378 e. The fraction of sp³-hybridized carbons (Fsp3) is 0.364. The standard InChI is InChI=1S/C11H14ClFN2O2/c12-8-2-1-3-9(13)10(8)11(16)15-5-7-17-6-4-14/h1-3H,4-7,14H2,(H,15,16). The number of nitrogens with two attached hydrogens (primary N) is 1. The predicted molar refractivity (Wildman–Crippen MR) is 63.6 cm³/mol. The lowest BCUT2D eigenvalue weighted by Crippen LogP contribution is -2.28. The summed E-state index contributed by atoms with van der Waals surface area (Å²) >= 11 is 5.74. The van der Waals surface area contributed by atoms with Gasteiger partial charge in [-0.15, -0.1) is 0 Å². The topological polar surface area (TPSA) is 64.3 Å². The highest BCUT2D eigenvalue weighted by Crippen LogP contribution is 2.18. The summed E-state index contributed by atoms with van der Waals surface area (Å²) in [4.78, 5) is 11.6. The highest BCUT2D eigenvalue weighted by molar-refractivity contribution is 6.33. The molecule has 1 aromatic carbocycles. The van der Waals surface area contributed by atoms with Crippen LogP contribution in [-0.4, -0.2) is 32.2 Å². The molecule has 0 saturated carbocycles. The second-order valence-electron chi connectivity index (χ2n) is 3.25. The van der Waals surface area contributed by atoms with Crippen LogP contribution in [0.15, 0.2) is 18.2 Å². The summed E-state index contributed by atoms with van der Waals surface area (Å²) in [5.41, 5.74) is 5.08. The lowest BCUT2D eigenvalue weighted by molar-refractivity contribution is 0.0916. The summed E-state index contributed by atoms with van der Waals surface area (Å²) in [7, 11) is 0. The Morgan fingerprint density at radius 3 is 2.88 bits per heavy atom. The number of carbonyl (C=O) groups excluding carboxylic acids is 1. The quantitative estimate of drug-likeness (QED) is 0.755. The number of carbonyl (C=O) groups is 1. The van der Waals surface area contributed by atoms with Crippen molar-refractivity contribution in [2.45, 2.75) is 0 Å². The number of nitrogens with one attached hydrogen (secondary N) is 1. The lowest BCUT2D eigenvalue weighted by Gasteiger charge is -2.07. The first kappa shape index (κ1) is 13.9. The van der Waals surface area contributed by atoms with Crippen molar-refractivity contribution in [3.05, 3.63) is 34.6 Å². The van der Waals surface area contributed by atoms with Crippen molar-refractivity contribution in [1.82, 2.24) is 5.32 Å². The maximum atomic E-state index is 13.3. The van der Waals surface area contributed by atoms with Gasteiger partial charge in [0.2, 0.25) is 0 Å². The Balaban J connectivity index is 2.47. The van der Waals surface area contributed by atoms with E-state index < -0.39 is 11.7 Å². The Morgan fingerprint density at radius 1 is 1.47 bits per heavy atom. The molecule has 4 nitrogen and oxygen atoms in total. The fourth-order valence-corrected chi connectivity index (χ4v) is 1.47. The van der Waals surface area contributed by atoms with Gasteiger partial charge in [0.05, 0.1) is 23.8 Å². The van der Waals surface area contributed by atoms with Crippen LogP contribution in [0.5, 0.6) is 0 Å². The maximum absolute atomic E-state index is 13.3. The minimum Gasteiger partial charge on any atom is -0.378 e. The van der Waals surface area contributed by atoms with Crippen molar-refractivity contribution in [1.29, 1.82) is 0 Å². The molecule has 1 amide bonds. The number of hydrogen-bond donors (Lipinski definition) is 2. The van der Waals surface area contributed by atoms with Gasteiger partial charge in [0.15, 0.2) is 0 Å². The average molecular weight is 261 g/mol. The molecule has 0 spiro atoms. The molecule has 6 heteroatoms. The number of hydrogen-bond acceptors (Lipinski definition) is 3. The first-order valence-corrected chi connectivity index (χ1v) is 5.54. The van der Waals surface area contributed by atoms with E-state index >= 15 is 0 Å². The van der Waals surface area contributed by atoms with Crippen molar-refractivity contribution in [2.24, 2.45) is 5.73 Å². The summed E-state index contributed by atoms with van der Waals surface area (Å²) in [6.07, 6.45) is 0. The summed E-state index contributed by atoms with van der Waals surface area (Å²) in [5, 5.41) is 2.60. The van der Waals surface area contributed by atoms with Gasteiger partial charge >= 0.3 is 0 Å². The molecule has 3 N–H and O–H groups in total. The molecule has 0 unspecified atom stereocenters. The van der Waals surface area contributed by atoms with E-state index in [1.807, 2.05) is 0 Å². The van der Waals surface area contributed by atoms with Gasteiger partial charge < -0.3 is 15.8 Å². The van der Waals surface area contributed by atoms with Crippen LogP contribution in [0.3, 0.4) is 0 Å². The van der Waals surface area contributed by atoms with Crippen molar-refractivity contribution < 1.29 is 13.9 Å². The summed E-state index contributed by atoms with van der Waals surface area (Å²) < 4.78 is 18.4. The molecule has 17 heavy (non-hydrogen) atoms. The zero-order valence-corrected chi connectivity index (χ0v) is 9.97. The Bertz CT molecular complexity index is 367. The molecule has 0 aromatic heterocycles. The number of benzene rings is 1. The van der Waals surface area contributed by atoms with E-state index in [2.05, 4.69) is 5.32 Å². The number of amides is 1. The Morgan fingerprint density at radius 2 is 2.24 bits per heavy atom. The zero-order chi connectivity index (χ0) is 12.7. The molecule has 0 radical (unpaired) electrons. The van der Waals surface area contributed by atoms with Crippen molar-refractivity contribution in [3.63, 3.8) is 0 Å². The molecule has 0 bridgehead atoms. The SMILES string of the molecule is NCCOCCNC(=O)c1c(F)cccc1Cl. The van der Waals surface area contributed by atoms with E-state index in [0.29, 0.717) is 19.8 Å². The smallest absolute Gasteiger partial charge is 0.255 e. The van der Waals surface area contributed by atoms with Crippen molar-refractivity contribution in [3.8, 4) is 0 Å². The predicted octanol–water partition coefficient (Wildman–Crippen LogP) is 1.18. The molecular weight excluding hydrogens is 247 g/mol. The van der Waals surface area contributed by atoms with Crippen LogP contribution in [0.4, 0.5) is 4.39 Å². The van der Waals surface area contributed by atoms with E-state index in [-0.39, 0.29) is 17.1 Å². The van der Waals surface area contributed by atoms with Crippen LogP contribution in [0.2, 0.25) is 5.02 Å². The number of halogens is 2. The molecular formula is C11H14ClFN2O2. The molecule has 0 atom stereocenters. The lowest BCUT2D eigenvalue weighted by atomic mass is 10.2. The minimum absolute atomic E-state index is 0.0883. The summed E-state index contributed by atoms with van der Waals surface area (Å²) in [6.45, 7) is 1.46. The Labute approximate surface area is 104 Å². The van der Waals surface area contributed by atoms with E-state index in [0.717, 1.165) is 0 Å². The fourth-order valence-electron chi connectivity index (χ4n) is 1.23. The number of ether oxygens (including phenoxy) is 1. The van der Waals surface area contributed by atoms with Gasteiger partial charge in [0.1, 0.15) is 5.82 Å². The second-order valence-corrected chi connectivity index (χ2v) is 3.66. The van der Waals surface area contributed by atoms with Crippen LogP contribution in [-0.2, 0) is 4.74 Å². The molecule has 0 fully saturated rings. The molecule has 1 aromatic rings. The summed E-state index contributed by atoms with van der Waals surface area (Å²) in [5.74, 6) is -1.19. The first-order valence-electron chi connectivity index (χ1n) is 5.17.